The minimum absolute atomic E-state index is 0. The monoisotopic (exact) mass is 377 g/mol. The van der Waals surface area contributed by atoms with Gasteiger partial charge in [-0.05, 0) is 48.7 Å². The Morgan fingerprint density at radius 1 is 1.12 bits per heavy atom. The van der Waals surface area contributed by atoms with E-state index in [0.717, 1.165) is 54.2 Å². The number of likely N-dealkylation sites (tertiary alicyclic amines) is 1. The van der Waals surface area contributed by atoms with Gasteiger partial charge in [0.1, 0.15) is 11.9 Å². The third-order valence-corrected chi connectivity index (χ3v) is 4.82. The molecule has 25 heavy (non-hydrogen) atoms. The summed E-state index contributed by atoms with van der Waals surface area (Å²) in [5.41, 5.74) is 2.35. The Kier molecular flexibility index (Phi) is 5.84. The van der Waals surface area contributed by atoms with E-state index in [9.17, 15) is 0 Å². The van der Waals surface area contributed by atoms with Crippen LogP contribution in [0.15, 0.2) is 48.7 Å². The van der Waals surface area contributed by atoms with Gasteiger partial charge >= 0.3 is 0 Å². The van der Waals surface area contributed by atoms with E-state index in [-0.39, 0.29) is 18.5 Å². The summed E-state index contributed by atoms with van der Waals surface area (Å²) in [7, 11) is 0. The van der Waals surface area contributed by atoms with Crippen LogP contribution in [0.2, 0.25) is 5.02 Å². The molecule has 0 spiro atoms. The maximum atomic E-state index is 6.16. The number of piperidine rings is 1. The van der Waals surface area contributed by atoms with Gasteiger partial charge in [-0.2, -0.15) is 5.10 Å². The largest absolute Gasteiger partial charge is 0.490 e. The van der Waals surface area contributed by atoms with Crippen LogP contribution in [0.5, 0.6) is 5.75 Å². The van der Waals surface area contributed by atoms with Crippen LogP contribution in [0.4, 0.5) is 0 Å². The fourth-order valence-electron chi connectivity index (χ4n) is 3.22. The van der Waals surface area contributed by atoms with Crippen molar-refractivity contribution in [2.75, 3.05) is 13.1 Å². The molecule has 0 radical (unpaired) electrons. The third kappa shape index (κ3) is 4.46. The van der Waals surface area contributed by atoms with Crippen LogP contribution >= 0.6 is 24.0 Å². The van der Waals surface area contributed by atoms with Crippen LogP contribution in [0.1, 0.15) is 18.4 Å². The molecule has 1 saturated heterocycles. The minimum Gasteiger partial charge on any atom is -0.490 e. The number of halogens is 2. The molecule has 0 amide bonds. The molecule has 0 aliphatic carbocycles. The highest BCUT2D eigenvalue weighted by atomic mass is 35.5. The summed E-state index contributed by atoms with van der Waals surface area (Å²) >= 11 is 5.94. The number of fused-ring (bicyclic) bond motifs is 1. The van der Waals surface area contributed by atoms with Gasteiger partial charge in [0.2, 0.25) is 0 Å². The van der Waals surface area contributed by atoms with Crippen molar-refractivity contribution in [3.8, 4) is 5.75 Å². The lowest BCUT2D eigenvalue weighted by Crippen LogP contribution is -2.37. The zero-order valence-corrected chi connectivity index (χ0v) is 15.4. The second-order valence-electron chi connectivity index (χ2n) is 6.34. The number of nitrogens with zero attached hydrogens (tertiary/aromatic N) is 2. The van der Waals surface area contributed by atoms with Crippen molar-refractivity contribution in [2.24, 2.45) is 0 Å². The van der Waals surface area contributed by atoms with Crippen LogP contribution in [0.25, 0.3) is 10.9 Å². The van der Waals surface area contributed by atoms with Crippen LogP contribution in [0.3, 0.4) is 0 Å². The second kappa shape index (κ2) is 8.09. The fraction of sp³-hybridized carbons (Fsp3) is 0.316. The van der Waals surface area contributed by atoms with Gasteiger partial charge < -0.3 is 4.74 Å². The number of ether oxygens (including phenoxy) is 1. The van der Waals surface area contributed by atoms with Gasteiger partial charge in [0.25, 0.3) is 0 Å². The Morgan fingerprint density at radius 2 is 1.88 bits per heavy atom. The quantitative estimate of drug-likeness (QED) is 0.717. The van der Waals surface area contributed by atoms with Crippen molar-refractivity contribution in [3.05, 3.63) is 59.2 Å². The highest BCUT2D eigenvalue weighted by molar-refractivity contribution is 6.30. The maximum Gasteiger partial charge on any atom is 0.120 e. The molecule has 0 saturated carbocycles. The molecule has 3 aromatic rings. The molecule has 0 atom stereocenters. The van der Waals surface area contributed by atoms with E-state index < -0.39 is 0 Å². The first kappa shape index (κ1) is 18.1. The first-order chi connectivity index (χ1) is 11.8. The molecular formula is C19H21Cl2N3O. The molecule has 1 fully saturated rings. The lowest BCUT2D eigenvalue weighted by Gasteiger charge is -2.32. The normalized spacial score (nSPS) is 15.9. The summed E-state index contributed by atoms with van der Waals surface area (Å²) in [6.45, 7) is 3.09. The average molecular weight is 378 g/mol. The molecule has 1 aliphatic rings. The smallest absolute Gasteiger partial charge is 0.120 e. The summed E-state index contributed by atoms with van der Waals surface area (Å²) in [5.74, 6) is 0.931. The van der Waals surface area contributed by atoms with E-state index in [2.05, 4.69) is 33.3 Å². The van der Waals surface area contributed by atoms with Crippen molar-refractivity contribution >= 4 is 34.9 Å². The molecule has 6 heteroatoms. The maximum absolute atomic E-state index is 6.16. The van der Waals surface area contributed by atoms with Gasteiger partial charge in [0.05, 0.1) is 11.7 Å². The standard InChI is InChI=1S/C19H20ClN3O.ClH/c20-16-3-1-14(2-4-16)13-23-9-7-17(8-10-23)24-18-5-6-19-15(11-18)12-21-22-19;/h1-6,11-12,17H,7-10,13H2,(H,21,22);1H. The van der Waals surface area contributed by atoms with Gasteiger partial charge in [0.15, 0.2) is 0 Å². The highest BCUT2D eigenvalue weighted by Gasteiger charge is 2.20. The zero-order valence-electron chi connectivity index (χ0n) is 13.8. The lowest BCUT2D eigenvalue weighted by atomic mass is 10.1. The first-order valence-corrected chi connectivity index (χ1v) is 8.71. The molecule has 1 N–H and O–H groups in total. The molecule has 4 nitrogen and oxygen atoms in total. The number of hydrogen-bond donors (Lipinski definition) is 1. The average Bonchev–Trinajstić information content (AvgIpc) is 3.06. The molecule has 1 aliphatic heterocycles. The van der Waals surface area contributed by atoms with Crippen molar-refractivity contribution in [1.82, 2.24) is 15.1 Å². The molecule has 2 heterocycles. The van der Waals surface area contributed by atoms with E-state index in [4.69, 9.17) is 16.3 Å². The van der Waals surface area contributed by atoms with E-state index in [1.165, 1.54) is 5.56 Å². The summed E-state index contributed by atoms with van der Waals surface area (Å²) in [4.78, 5) is 2.47. The third-order valence-electron chi connectivity index (χ3n) is 4.57. The van der Waals surface area contributed by atoms with Crippen molar-refractivity contribution in [2.45, 2.75) is 25.5 Å². The van der Waals surface area contributed by atoms with Crippen molar-refractivity contribution < 1.29 is 4.74 Å². The molecular weight excluding hydrogens is 357 g/mol. The summed E-state index contributed by atoms with van der Waals surface area (Å²) in [6.07, 6.45) is 4.22. The van der Waals surface area contributed by atoms with Crippen LogP contribution in [-0.2, 0) is 6.54 Å². The van der Waals surface area contributed by atoms with Gasteiger partial charge in [0, 0.05) is 30.0 Å². The topological polar surface area (TPSA) is 41.1 Å². The molecule has 2 aromatic carbocycles. The Hall–Kier alpha value is -1.75. The molecule has 132 valence electrons. The summed E-state index contributed by atoms with van der Waals surface area (Å²) in [5, 5.41) is 8.89. The predicted molar refractivity (Wildman–Crippen MR) is 104 cm³/mol. The number of hydrogen-bond acceptors (Lipinski definition) is 3. The Balaban J connectivity index is 0.00000182. The Morgan fingerprint density at radius 3 is 2.64 bits per heavy atom. The number of benzene rings is 2. The van der Waals surface area contributed by atoms with E-state index >= 15 is 0 Å². The number of nitrogens with one attached hydrogen (secondary N) is 1. The highest BCUT2D eigenvalue weighted by Crippen LogP contribution is 2.23. The number of aromatic nitrogens is 2. The van der Waals surface area contributed by atoms with Gasteiger partial charge in [-0.15, -0.1) is 12.4 Å². The molecule has 1 aromatic heterocycles. The molecule has 0 bridgehead atoms. The Labute approximate surface area is 158 Å². The van der Waals surface area contributed by atoms with Crippen molar-refractivity contribution in [3.63, 3.8) is 0 Å². The van der Waals surface area contributed by atoms with Crippen LogP contribution in [0, 0.1) is 0 Å². The number of rotatable bonds is 4. The summed E-state index contributed by atoms with van der Waals surface area (Å²) < 4.78 is 6.16. The first-order valence-electron chi connectivity index (χ1n) is 8.33. The fourth-order valence-corrected chi connectivity index (χ4v) is 3.35. The van der Waals surface area contributed by atoms with E-state index in [1.54, 1.807) is 0 Å². The van der Waals surface area contributed by atoms with Gasteiger partial charge in [-0.3, -0.25) is 10.00 Å². The second-order valence-corrected chi connectivity index (χ2v) is 6.78. The van der Waals surface area contributed by atoms with E-state index in [1.807, 2.05) is 30.5 Å². The van der Waals surface area contributed by atoms with Gasteiger partial charge in [-0.1, -0.05) is 23.7 Å². The number of H-pyrrole nitrogens is 1. The molecule has 4 rings (SSSR count). The SMILES string of the molecule is Cl.Clc1ccc(CN2CCC(Oc3ccc4[nH]ncc4c3)CC2)cc1. The molecule has 0 unspecified atom stereocenters. The van der Waals surface area contributed by atoms with Gasteiger partial charge in [-0.25, -0.2) is 0 Å². The number of aromatic amines is 1. The Bertz CT molecular complexity index is 811. The van der Waals surface area contributed by atoms with Crippen LogP contribution in [-0.4, -0.2) is 34.3 Å². The van der Waals surface area contributed by atoms with Crippen LogP contribution < -0.4 is 4.74 Å². The minimum atomic E-state index is 0. The zero-order chi connectivity index (χ0) is 16.4. The lowest BCUT2D eigenvalue weighted by molar-refractivity contribution is 0.0969. The van der Waals surface area contributed by atoms with Crippen molar-refractivity contribution in [1.29, 1.82) is 0 Å². The predicted octanol–water partition coefficient (Wildman–Crippen LogP) is 4.68. The van der Waals surface area contributed by atoms with E-state index in [0.29, 0.717) is 0 Å². The summed E-state index contributed by atoms with van der Waals surface area (Å²) in [6, 6.07) is 14.2.